The van der Waals surface area contributed by atoms with E-state index in [9.17, 15) is 4.79 Å². The van der Waals surface area contributed by atoms with Crippen molar-refractivity contribution in [3.63, 3.8) is 0 Å². The van der Waals surface area contributed by atoms with Gasteiger partial charge < -0.3 is 25.2 Å². The molecule has 3 fully saturated rings. The topological polar surface area (TPSA) is 82.1 Å². The van der Waals surface area contributed by atoms with E-state index < -0.39 is 0 Å². The number of amides is 1. The minimum Gasteiger partial charge on any atom is -0.378 e. The van der Waals surface area contributed by atoms with Crippen molar-refractivity contribution in [2.75, 3.05) is 51.3 Å². The van der Waals surface area contributed by atoms with Crippen LogP contribution in [0.4, 0.5) is 5.82 Å². The van der Waals surface area contributed by atoms with Crippen LogP contribution in [-0.2, 0) is 16.1 Å². The van der Waals surface area contributed by atoms with Crippen LogP contribution in [0.5, 0.6) is 0 Å². The minimum absolute atomic E-state index is 0. The normalized spacial score (nSPS) is 22.4. The highest BCUT2D eigenvalue weighted by atomic mass is 127. The molecule has 4 rings (SSSR count). The van der Waals surface area contributed by atoms with Gasteiger partial charge in [0.05, 0.1) is 13.2 Å². The number of likely N-dealkylation sites (tertiary alicyclic amines) is 1. The molecule has 1 saturated carbocycles. The van der Waals surface area contributed by atoms with Crippen LogP contribution < -0.4 is 15.5 Å². The lowest BCUT2D eigenvalue weighted by Gasteiger charge is -2.29. The molecule has 1 aliphatic carbocycles. The van der Waals surface area contributed by atoms with Crippen LogP contribution in [0.2, 0.25) is 0 Å². The minimum atomic E-state index is 0. The number of pyridine rings is 1. The molecule has 2 saturated heterocycles. The molecule has 3 aliphatic rings. The summed E-state index contributed by atoms with van der Waals surface area (Å²) >= 11 is 0. The molecule has 172 valence electrons. The zero-order valence-electron chi connectivity index (χ0n) is 18.4. The van der Waals surface area contributed by atoms with E-state index in [1.54, 1.807) is 7.05 Å². The number of carbonyl (C=O) groups is 1. The highest BCUT2D eigenvalue weighted by Crippen LogP contribution is 2.27. The third-order valence-electron chi connectivity index (χ3n) is 6.39. The van der Waals surface area contributed by atoms with Gasteiger partial charge in [-0.25, -0.2) is 4.98 Å². The first-order valence-electron chi connectivity index (χ1n) is 11.3. The van der Waals surface area contributed by atoms with Crippen molar-refractivity contribution in [3.8, 4) is 0 Å². The van der Waals surface area contributed by atoms with E-state index in [-0.39, 0.29) is 35.9 Å². The van der Waals surface area contributed by atoms with Gasteiger partial charge in [0.2, 0.25) is 5.91 Å². The Balaban J connectivity index is 0.00000272. The monoisotopic (exact) mass is 542 g/mol. The maximum atomic E-state index is 12.7. The van der Waals surface area contributed by atoms with E-state index in [1.165, 1.54) is 12.8 Å². The first-order valence-corrected chi connectivity index (χ1v) is 11.3. The summed E-state index contributed by atoms with van der Waals surface area (Å²) in [6.07, 6.45) is 7.33. The summed E-state index contributed by atoms with van der Waals surface area (Å²) in [5.74, 6) is 2.39. The molecule has 0 radical (unpaired) electrons. The SMILES string of the molecule is CN=C(NCc1cccnc1N1CCOCC1)NC1CCN(C(=O)C2CCCC2)C1.I. The molecule has 3 heterocycles. The number of anilines is 1. The summed E-state index contributed by atoms with van der Waals surface area (Å²) in [4.78, 5) is 26.0. The predicted molar refractivity (Wildman–Crippen MR) is 133 cm³/mol. The molecule has 0 spiro atoms. The first-order chi connectivity index (χ1) is 14.7. The van der Waals surface area contributed by atoms with E-state index in [0.717, 1.165) is 76.0 Å². The number of nitrogens with zero attached hydrogens (tertiary/aromatic N) is 4. The number of aliphatic imine (C=N–C) groups is 1. The molecule has 2 aliphatic heterocycles. The van der Waals surface area contributed by atoms with Gasteiger partial charge in [-0.1, -0.05) is 18.9 Å². The van der Waals surface area contributed by atoms with Gasteiger partial charge in [0.15, 0.2) is 5.96 Å². The van der Waals surface area contributed by atoms with Gasteiger partial charge in [-0.15, -0.1) is 24.0 Å². The summed E-state index contributed by atoms with van der Waals surface area (Å²) in [5, 5.41) is 6.93. The molecule has 9 heteroatoms. The van der Waals surface area contributed by atoms with Crippen LogP contribution in [0.3, 0.4) is 0 Å². The molecule has 1 unspecified atom stereocenters. The smallest absolute Gasteiger partial charge is 0.225 e. The van der Waals surface area contributed by atoms with Gasteiger partial charge in [0.25, 0.3) is 0 Å². The standard InChI is InChI=1S/C22H34N6O2.HI/c1-23-22(26-19-8-10-28(16-19)21(29)17-5-2-3-6-17)25-15-18-7-4-9-24-20(18)27-11-13-30-14-12-27;/h4,7,9,17,19H,2-3,5-6,8,10-16H2,1H3,(H2,23,25,26);1H. The summed E-state index contributed by atoms with van der Waals surface area (Å²) in [6.45, 7) is 5.47. The number of hydrogen-bond acceptors (Lipinski definition) is 5. The summed E-state index contributed by atoms with van der Waals surface area (Å²) < 4.78 is 5.47. The van der Waals surface area contributed by atoms with Crippen LogP contribution >= 0.6 is 24.0 Å². The Bertz CT molecular complexity index is 749. The molecule has 1 amide bonds. The average molecular weight is 542 g/mol. The number of guanidine groups is 1. The quantitative estimate of drug-likeness (QED) is 0.337. The molecule has 1 aromatic rings. The van der Waals surface area contributed by atoms with Gasteiger partial charge in [0.1, 0.15) is 5.82 Å². The number of hydrogen-bond donors (Lipinski definition) is 2. The van der Waals surface area contributed by atoms with Crippen LogP contribution in [0, 0.1) is 5.92 Å². The summed E-state index contributed by atoms with van der Waals surface area (Å²) in [5.41, 5.74) is 1.15. The lowest BCUT2D eigenvalue weighted by Crippen LogP contribution is -2.45. The average Bonchev–Trinajstić information content (AvgIpc) is 3.49. The predicted octanol–water partition coefficient (Wildman–Crippen LogP) is 1.99. The molecular weight excluding hydrogens is 507 g/mol. The summed E-state index contributed by atoms with van der Waals surface area (Å²) in [7, 11) is 1.79. The van der Waals surface area contributed by atoms with E-state index >= 15 is 0 Å². The Labute approximate surface area is 202 Å². The lowest BCUT2D eigenvalue weighted by molar-refractivity contribution is -0.134. The fourth-order valence-electron chi connectivity index (χ4n) is 4.70. The Morgan fingerprint density at radius 2 is 2.00 bits per heavy atom. The summed E-state index contributed by atoms with van der Waals surface area (Å²) in [6, 6.07) is 4.32. The number of rotatable bonds is 5. The highest BCUT2D eigenvalue weighted by molar-refractivity contribution is 14.0. The van der Waals surface area contributed by atoms with Gasteiger partial charge in [-0.3, -0.25) is 9.79 Å². The second kappa shape index (κ2) is 11.8. The van der Waals surface area contributed by atoms with Crippen molar-refractivity contribution in [3.05, 3.63) is 23.9 Å². The second-order valence-corrected chi connectivity index (χ2v) is 8.41. The molecular formula is C22H35IN6O2. The van der Waals surface area contributed by atoms with Crippen LogP contribution in [-0.4, -0.2) is 74.2 Å². The number of carbonyl (C=O) groups excluding carboxylic acids is 1. The van der Waals surface area contributed by atoms with Crippen LogP contribution in [0.15, 0.2) is 23.3 Å². The van der Waals surface area contributed by atoms with Gasteiger partial charge in [-0.05, 0) is 25.3 Å². The lowest BCUT2D eigenvalue weighted by atomic mass is 10.1. The fourth-order valence-corrected chi connectivity index (χ4v) is 4.70. The Morgan fingerprint density at radius 3 is 2.74 bits per heavy atom. The molecule has 0 aromatic carbocycles. The number of morpholine rings is 1. The number of nitrogens with one attached hydrogen (secondary N) is 2. The molecule has 1 aromatic heterocycles. The maximum Gasteiger partial charge on any atom is 0.225 e. The number of aromatic nitrogens is 1. The molecule has 31 heavy (non-hydrogen) atoms. The Kier molecular flexibility index (Phi) is 9.18. The molecule has 2 N–H and O–H groups in total. The van der Waals surface area contributed by atoms with Gasteiger partial charge >= 0.3 is 0 Å². The first kappa shape index (κ1) is 24.0. The van der Waals surface area contributed by atoms with Crippen LogP contribution in [0.1, 0.15) is 37.7 Å². The fraction of sp³-hybridized carbons (Fsp3) is 0.682. The van der Waals surface area contributed by atoms with Gasteiger partial charge in [0, 0.05) is 63.5 Å². The van der Waals surface area contributed by atoms with Crippen molar-refractivity contribution in [2.24, 2.45) is 10.9 Å². The second-order valence-electron chi connectivity index (χ2n) is 8.41. The Hall–Kier alpha value is -1.62. The van der Waals surface area contributed by atoms with E-state index in [0.29, 0.717) is 12.5 Å². The van der Waals surface area contributed by atoms with Crippen molar-refractivity contribution >= 4 is 41.7 Å². The zero-order valence-corrected chi connectivity index (χ0v) is 20.7. The number of ether oxygens (including phenoxy) is 1. The maximum absolute atomic E-state index is 12.7. The van der Waals surface area contributed by atoms with Gasteiger partial charge in [-0.2, -0.15) is 0 Å². The highest BCUT2D eigenvalue weighted by Gasteiger charge is 2.32. The van der Waals surface area contributed by atoms with E-state index in [2.05, 4.69) is 31.6 Å². The molecule has 0 bridgehead atoms. The molecule has 1 atom stereocenters. The van der Waals surface area contributed by atoms with E-state index in [1.807, 2.05) is 17.2 Å². The third kappa shape index (κ3) is 6.21. The molecule has 8 nitrogen and oxygen atoms in total. The van der Waals surface area contributed by atoms with Crippen molar-refractivity contribution < 1.29 is 9.53 Å². The van der Waals surface area contributed by atoms with E-state index in [4.69, 9.17) is 4.74 Å². The largest absolute Gasteiger partial charge is 0.378 e. The van der Waals surface area contributed by atoms with Crippen LogP contribution in [0.25, 0.3) is 0 Å². The zero-order chi connectivity index (χ0) is 20.8. The third-order valence-corrected chi connectivity index (χ3v) is 6.39. The van der Waals surface area contributed by atoms with Crippen molar-refractivity contribution in [2.45, 2.75) is 44.7 Å². The van der Waals surface area contributed by atoms with Crippen molar-refractivity contribution in [1.29, 1.82) is 0 Å². The van der Waals surface area contributed by atoms with Crippen molar-refractivity contribution in [1.82, 2.24) is 20.5 Å². The number of halogens is 1. The Morgan fingerprint density at radius 1 is 1.23 bits per heavy atom.